The van der Waals surface area contributed by atoms with Gasteiger partial charge in [-0.15, -0.1) is 0 Å². The molecular weight excluding hydrogens is 268 g/mol. The number of nitro benzene ring substituents is 1. The molecule has 2 N–H and O–H groups in total. The molecule has 106 valence electrons. The maximum absolute atomic E-state index is 10.7. The molecule has 3 rings (SSSR count). The monoisotopic (exact) mass is 282 g/mol. The fourth-order valence-electron chi connectivity index (χ4n) is 2.42. The first-order valence-electron chi connectivity index (χ1n) is 6.53. The molecule has 0 aliphatic heterocycles. The summed E-state index contributed by atoms with van der Waals surface area (Å²) in [6.07, 6.45) is 1.92. The van der Waals surface area contributed by atoms with Gasteiger partial charge >= 0.3 is 0 Å². The van der Waals surface area contributed by atoms with Crippen LogP contribution in [0.25, 0.3) is 16.9 Å². The number of aromatic nitrogens is 2. The number of nitro groups is 1. The molecule has 6 nitrogen and oxygen atoms in total. The molecule has 0 aliphatic rings. The number of aryl methyl sites for hydroxylation is 1. The van der Waals surface area contributed by atoms with Gasteiger partial charge < -0.3 is 10.1 Å². The lowest BCUT2D eigenvalue weighted by atomic mass is 10.1. The van der Waals surface area contributed by atoms with E-state index < -0.39 is 4.92 Å². The molecule has 0 saturated heterocycles. The van der Waals surface area contributed by atoms with E-state index in [1.54, 1.807) is 12.1 Å². The molecule has 2 heterocycles. The number of nitrogens with two attached hydrogens (primary N) is 1. The third kappa shape index (κ3) is 2.15. The van der Waals surface area contributed by atoms with Gasteiger partial charge in [0.1, 0.15) is 5.65 Å². The summed E-state index contributed by atoms with van der Waals surface area (Å²) < 4.78 is 1.96. The van der Waals surface area contributed by atoms with Gasteiger partial charge in [0.05, 0.1) is 16.3 Å². The van der Waals surface area contributed by atoms with E-state index in [0.717, 1.165) is 28.2 Å². The summed E-state index contributed by atoms with van der Waals surface area (Å²) in [6, 6.07) is 10.3. The van der Waals surface area contributed by atoms with Gasteiger partial charge in [-0.25, -0.2) is 4.98 Å². The standard InChI is InChI=1S/C15H14N4O2/c1-10-3-2-8-18-13(9-16)14(17-15(10)18)11-4-6-12(7-5-11)19(20)21/h2-8H,9,16H2,1H3. The summed E-state index contributed by atoms with van der Waals surface area (Å²) in [5.41, 5.74) is 10.3. The van der Waals surface area contributed by atoms with Crippen molar-refractivity contribution in [2.24, 2.45) is 5.73 Å². The average molecular weight is 282 g/mol. The molecule has 0 amide bonds. The molecule has 2 aromatic heterocycles. The zero-order chi connectivity index (χ0) is 15.0. The molecule has 3 aromatic rings. The molecule has 0 atom stereocenters. The Morgan fingerprint density at radius 2 is 2.00 bits per heavy atom. The number of hydrogen-bond acceptors (Lipinski definition) is 4. The van der Waals surface area contributed by atoms with E-state index in [1.165, 1.54) is 12.1 Å². The van der Waals surface area contributed by atoms with Gasteiger partial charge in [-0.2, -0.15) is 0 Å². The highest BCUT2D eigenvalue weighted by Crippen LogP contribution is 2.27. The average Bonchev–Trinajstić information content (AvgIpc) is 2.87. The Morgan fingerprint density at radius 3 is 2.62 bits per heavy atom. The fraction of sp³-hybridized carbons (Fsp3) is 0.133. The number of pyridine rings is 1. The molecule has 0 spiro atoms. The van der Waals surface area contributed by atoms with Crippen LogP contribution in [0.4, 0.5) is 5.69 Å². The van der Waals surface area contributed by atoms with E-state index in [1.807, 2.05) is 29.7 Å². The van der Waals surface area contributed by atoms with Crippen molar-refractivity contribution in [3.8, 4) is 11.3 Å². The largest absolute Gasteiger partial charge is 0.325 e. The van der Waals surface area contributed by atoms with E-state index in [4.69, 9.17) is 5.73 Å². The van der Waals surface area contributed by atoms with Gasteiger partial charge in [0.15, 0.2) is 0 Å². The summed E-state index contributed by atoms with van der Waals surface area (Å²) in [6.45, 7) is 2.33. The van der Waals surface area contributed by atoms with Gasteiger partial charge in [-0.1, -0.05) is 6.07 Å². The van der Waals surface area contributed by atoms with Crippen molar-refractivity contribution in [3.05, 3.63) is 64.0 Å². The van der Waals surface area contributed by atoms with Crippen LogP contribution in [0.5, 0.6) is 0 Å². The van der Waals surface area contributed by atoms with E-state index in [0.29, 0.717) is 6.54 Å². The fourth-order valence-corrected chi connectivity index (χ4v) is 2.42. The van der Waals surface area contributed by atoms with E-state index in [9.17, 15) is 10.1 Å². The van der Waals surface area contributed by atoms with Crippen molar-refractivity contribution in [1.82, 2.24) is 9.38 Å². The first kappa shape index (κ1) is 13.3. The smallest absolute Gasteiger partial charge is 0.269 e. The van der Waals surface area contributed by atoms with Gasteiger partial charge in [0.25, 0.3) is 5.69 Å². The van der Waals surface area contributed by atoms with Gasteiger partial charge in [-0.05, 0) is 30.7 Å². The summed E-state index contributed by atoms with van der Waals surface area (Å²) in [5.74, 6) is 0. The van der Waals surface area contributed by atoms with Gasteiger partial charge in [0.2, 0.25) is 0 Å². The Morgan fingerprint density at radius 1 is 1.29 bits per heavy atom. The maximum atomic E-state index is 10.7. The van der Waals surface area contributed by atoms with Gasteiger partial charge in [-0.3, -0.25) is 10.1 Å². The number of benzene rings is 1. The predicted molar refractivity (Wildman–Crippen MR) is 79.9 cm³/mol. The van der Waals surface area contributed by atoms with Crippen LogP contribution in [0, 0.1) is 17.0 Å². The predicted octanol–water partition coefficient (Wildman–Crippen LogP) is 2.68. The molecule has 0 radical (unpaired) electrons. The molecule has 0 bridgehead atoms. The number of fused-ring (bicyclic) bond motifs is 1. The molecule has 0 unspecified atom stereocenters. The Balaban J connectivity index is 2.19. The van der Waals surface area contributed by atoms with Crippen molar-refractivity contribution >= 4 is 11.3 Å². The first-order chi connectivity index (χ1) is 10.1. The molecular formula is C15H14N4O2. The lowest BCUT2D eigenvalue weighted by Gasteiger charge is -2.02. The minimum atomic E-state index is -0.415. The Kier molecular flexibility index (Phi) is 3.15. The first-order valence-corrected chi connectivity index (χ1v) is 6.53. The zero-order valence-corrected chi connectivity index (χ0v) is 11.5. The summed E-state index contributed by atoms with van der Waals surface area (Å²) in [7, 11) is 0. The van der Waals surface area contributed by atoms with Crippen LogP contribution in [0.3, 0.4) is 0 Å². The van der Waals surface area contributed by atoms with Crippen LogP contribution in [-0.2, 0) is 6.54 Å². The summed E-state index contributed by atoms with van der Waals surface area (Å²) >= 11 is 0. The molecule has 21 heavy (non-hydrogen) atoms. The molecule has 0 fully saturated rings. The number of hydrogen-bond donors (Lipinski definition) is 1. The Labute approximate surface area is 121 Å². The lowest BCUT2D eigenvalue weighted by molar-refractivity contribution is -0.384. The lowest BCUT2D eigenvalue weighted by Crippen LogP contribution is -2.02. The highest BCUT2D eigenvalue weighted by molar-refractivity contribution is 5.68. The van der Waals surface area contributed by atoms with Crippen LogP contribution in [0.2, 0.25) is 0 Å². The molecule has 0 aliphatic carbocycles. The molecule has 1 aromatic carbocycles. The Bertz CT molecular complexity index is 822. The number of rotatable bonds is 3. The minimum absolute atomic E-state index is 0.0630. The van der Waals surface area contributed by atoms with E-state index >= 15 is 0 Å². The molecule has 0 saturated carbocycles. The minimum Gasteiger partial charge on any atom is -0.325 e. The van der Waals surface area contributed by atoms with Crippen LogP contribution >= 0.6 is 0 Å². The number of nitrogens with zero attached hydrogens (tertiary/aromatic N) is 3. The van der Waals surface area contributed by atoms with E-state index in [-0.39, 0.29) is 5.69 Å². The number of non-ortho nitro benzene ring substituents is 1. The van der Waals surface area contributed by atoms with Crippen molar-refractivity contribution in [2.75, 3.05) is 0 Å². The highest BCUT2D eigenvalue weighted by atomic mass is 16.6. The molecule has 6 heteroatoms. The second-order valence-electron chi connectivity index (χ2n) is 4.80. The topological polar surface area (TPSA) is 86.5 Å². The summed E-state index contributed by atoms with van der Waals surface area (Å²) in [5, 5.41) is 10.7. The van der Waals surface area contributed by atoms with Crippen molar-refractivity contribution in [1.29, 1.82) is 0 Å². The van der Waals surface area contributed by atoms with Crippen LogP contribution in [0.15, 0.2) is 42.6 Å². The third-order valence-corrected chi connectivity index (χ3v) is 3.49. The second kappa shape index (κ2) is 4.99. The van der Waals surface area contributed by atoms with Crippen molar-refractivity contribution < 1.29 is 4.92 Å². The van der Waals surface area contributed by atoms with Gasteiger partial charge in [0, 0.05) is 30.4 Å². The number of imidazole rings is 1. The van der Waals surface area contributed by atoms with Crippen molar-refractivity contribution in [2.45, 2.75) is 13.5 Å². The second-order valence-corrected chi connectivity index (χ2v) is 4.80. The zero-order valence-electron chi connectivity index (χ0n) is 11.5. The van der Waals surface area contributed by atoms with Crippen molar-refractivity contribution in [3.63, 3.8) is 0 Å². The van der Waals surface area contributed by atoms with Crippen LogP contribution < -0.4 is 5.73 Å². The van der Waals surface area contributed by atoms with Crippen LogP contribution in [-0.4, -0.2) is 14.3 Å². The summed E-state index contributed by atoms with van der Waals surface area (Å²) in [4.78, 5) is 14.9. The normalized spacial score (nSPS) is 11.0. The highest BCUT2D eigenvalue weighted by Gasteiger charge is 2.15. The Hall–Kier alpha value is -2.73. The van der Waals surface area contributed by atoms with Crippen LogP contribution in [0.1, 0.15) is 11.3 Å². The van der Waals surface area contributed by atoms with E-state index in [2.05, 4.69) is 4.98 Å². The third-order valence-electron chi connectivity index (χ3n) is 3.49. The quantitative estimate of drug-likeness (QED) is 0.591. The SMILES string of the molecule is Cc1cccn2c(CN)c(-c3ccc([N+](=O)[O-])cc3)nc12. The maximum Gasteiger partial charge on any atom is 0.269 e.